The number of rotatable bonds is 5. The van der Waals surface area contributed by atoms with Crippen LogP contribution in [0.4, 0.5) is 0 Å². The number of carbonyl (C=O) groups excluding carboxylic acids is 1. The Bertz CT molecular complexity index is 781. The highest BCUT2D eigenvalue weighted by atomic mass is 16.5. The smallest absolute Gasteiger partial charge is 0.277 e. The first-order chi connectivity index (χ1) is 12.1. The minimum absolute atomic E-state index is 0.0395. The molecule has 2 aromatic carbocycles. The maximum absolute atomic E-state index is 12.1. The van der Waals surface area contributed by atoms with Gasteiger partial charge in [0.1, 0.15) is 5.75 Å². The molecular weight excluding hydrogens is 312 g/mol. The Morgan fingerprint density at radius 3 is 2.72 bits per heavy atom. The van der Waals surface area contributed by atoms with Gasteiger partial charge < -0.3 is 4.74 Å². The van der Waals surface area contributed by atoms with E-state index in [-0.39, 0.29) is 12.5 Å². The van der Waals surface area contributed by atoms with Crippen molar-refractivity contribution >= 4 is 11.6 Å². The number of ether oxygens (including phenoxy) is 1. The van der Waals surface area contributed by atoms with Gasteiger partial charge in [-0.05, 0) is 42.4 Å². The van der Waals surface area contributed by atoms with Gasteiger partial charge >= 0.3 is 0 Å². The zero-order chi connectivity index (χ0) is 17.6. The molecule has 0 saturated heterocycles. The second-order valence-electron chi connectivity index (χ2n) is 6.59. The third-order valence-corrected chi connectivity index (χ3v) is 4.40. The number of fused-ring (bicyclic) bond motifs is 1. The molecule has 1 aliphatic carbocycles. The second kappa shape index (κ2) is 7.97. The number of hydrogen-bond acceptors (Lipinski definition) is 3. The average molecular weight is 336 g/mol. The van der Waals surface area contributed by atoms with Crippen molar-refractivity contribution in [1.29, 1.82) is 0 Å². The lowest BCUT2D eigenvalue weighted by molar-refractivity contribution is -0.123. The average Bonchev–Trinajstić information content (AvgIpc) is 2.64. The van der Waals surface area contributed by atoms with E-state index < -0.39 is 0 Å². The van der Waals surface area contributed by atoms with Crippen molar-refractivity contribution in [3.63, 3.8) is 0 Å². The van der Waals surface area contributed by atoms with E-state index >= 15 is 0 Å². The van der Waals surface area contributed by atoms with E-state index in [0.29, 0.717) is 5.92 Å². The summed E-state index contributed by atoms with van der Waals surface area (Å²) in [5.41, 5.74) is 7.11. The van der Waals surface area contributed by atoms with E-state index in [1.165, 1.54) is 5.56 Å². The van der Waals surface area contributed by atoms with Gasteiger partial charge in [-0.15, -0.1) is 0 Å². The minimum Gasteiger partial charge on any atom is -0.483 e. The molecule has 2 aromatic rings. The molecule has 4 heteroatoms. The molecule has 0 fully saturated rings. The molecule has 0 heterocycles. The number of nitrogens with zero attached hydrogens (tertiary/aromatic N) is 1. The van der Waals surface area contributed by atoms with Crippen LogP contribution in [0.2, 0.25) is 0 Å². The van der Waals surface area contributed by atoms with Crippen LogP contribution in [0.5, 0.6) is 5.75 Å². The molecule has 0 aliphatic heterocycles. The fourth-order valence-electron chi connectivity index (χ4n) is 3.11. The molecule has 1 aliphatic rings. The summed E-state index contributed by atoms with van der Waals surface area (Å²) < 4.78 is 5.69. The summed E-state index contributed by atoms with van der Waals surface area (Å²) in [5, 5.41) is 4.33. The SMILES string of the molecule is CC(C)c1ccccc1OCC(=O)N/N=C1/CCCc2ccccc21. The number of hydrazone groups is 1. The molecule has 0 atom stereocenters. The second-order valence-corrected chi connectivity index (χ2v) is 6.59. The van der Waals surface area contributed by atoms with E-state index in [9.17, 15) is 4.79 Å². The van der Waals surface area contributed by atoms with Crippen LogP contribution in [-0.2, 0) is 11.2 Å². The molecule has 0 radical (unpaired) electrons. The van der Waals surface area contributed by atoms with Crippen molar-refractivity contribution in [2.24, 2.45) is 5.10 Å². The topological polar surface area (TPSA) is 50.7 Å². The standard InChI is InChI=1S/C21H24N2O2/c1-15(2)17-10-5-6-13-20(17)25-14-21(24)23-22-19-12-7-9-16-8-3-4-11-18(16)19/h3-6,8,10-11,13,15H,7,9,12,14H2,1-2H3,(H,23,24)/b22-19-. The van der Waals surface area contributed by atoms with E-state index in [1.807, 2.05) is 36.4 Å². The molecule has 25 heavy (non-hydrogen) atoms. The van der Waals surface area contributed by atoms with Gasteiger partial charge in [-0.2, -0.15) is 5.10 Å². The zero-order valence-electron chi connectivity index (χ0n) is 14.8. The van der Waals surface area contributed by atoms with Gasteiger partial charge in [0.2, 0.25) is 0 Å². The Morgan fingerprint density at radius 2 is 1.88 bits per heavy atom. The van der Waals surface area contributed by atoms with Crippen LogP contribution >= 0.6 is 0 Å². The normalized spacial score (nSPS) is 15.1. The monoisotopic (exact) mass is 336 g/mol. The van der Waals surface area contributed by atoms with E-state index in [4.69, 9.17) is 4.74 Å². The van der Waals surface area contributed by atoms with Crippen LogP contribution in [0.15, 0.2) is 53.6 Å². The van der Waals surface area contributed by atoms with Crippen molar-refractivity contribution in [1.82, 2.24) is 5.43 Å². The maximum Gasteiger partial charge on any atom is 0.277 e. The fraction of sp³-hybridized carbons (Fsp3) is 0.333. The Labute approximate surface area is 148 Å². The molecule has 0 spiro atoms. The minimum atomic E-state index is -0.242. The van der Waals surface area contributed by atoms with Crippen LogP contribution < -0.4 is 10.2 Å². The molecule has 1 N–H and O–H groups in total. The van der Waals surface area contributed by atoms with Gasteiger partial charge in [0.05, 0.1) is 5.71 Å². The number of nitrogens with one attached hydrogen (secondary N) is 1. The van der Waals surface area contributed by atoms with E-state index in [0.717, 1.165) is 41.9 Å². The first-order valence-corrected chi connectivity index (χ1v) is 8.80. The molecule has 3 rings (SSSR count). The summed E-state index contributed by atoms with van der Waals surface area (Å²) in [4.78, 5) is 12.1. The lowest BCUT2D eigenvalue weighted by atomic mass is 9.90. The molecule has 1 amide bonds. The Balaban J connectivity index is 1.61. The number of benzene rings is 2. The predicted octanol–water partition coefficient (Wildman–Crippen LogP) is 4.05. The third-order valence-electron chi connectivity index (χ3n) is 4.40. The lowest BCUT2D eigenvalue weighted by Gasteiger charge is -2.17. The van der Waals surface area contributed by atoms with Gasteiger partial charge in [0.25, 0.3) is 5.91 Å². The van der Waals surface area contributed by atoms with Crippen LogP contribution in [-0.4, -0.2) is 18.2 Å². The van der Waals surface area contributed by atoms with Gasteiger partial charge in [0.15, 0.2) is 6.61 Å². The van der Waals surface area contributed by atoms with E-state index in [1.54, 1.807) is 0 Å². The van der Waals surface area contributed by atoms with Gasteiger partial charge in [-0.25, -0.2) is 5.43 Å². The predicted molar refractivity (Wildman–Crippen MR) is 100 cm³/mol. The number of para-hydroxylation sites is 1. The number of carbonyl (C=O) groups is 1. The summed E-state index contributed by atoms with van der Waals surface area (Å²) in [6.07, 6.45) is 3.01. The largest absolute Gasteiger partial charge is 0.483 e. The molecule has 4 nitrogen and oxygen atoms in total. The number of hydrogen-bond donors (Lipinski definition) is 1. The van der Waals surface area contributed by atoms with Gasteiger partial charge in [0, 0.05) is 5.56 Å². The first-order valence-electron chi connectivity index (χ1n) is 8.80. The summed E-state index contributed by atoms with van der Waals surface area (Å²) in [6, 6.07) is 16.1. The maximum atomic E-state index is 12.1. The van der Waals surface area contributed by atoms with Crippen molar-refractivity contribution < 1.29 is 9.53 Å². The van der Waals surface area contributed by atoms with Crippen LogP contribution in [0, 0.1) is 0 Å². The lowest BCUT2D eigenvalue weighted by Crippen LogP contribution is -2.27. The quantitative estimate of drug-likeness (QED) is 0.838. The zero-order valence-corrected chi connectivity index (χ0v) is 14.8. The summed E-state index contributed by atoms with van der Waals surface area (Å²) >= 11 is 0. The van der Waals surface area contributed by atoms with Crippen molar-refractivity contribution in [3.05, 3.63) is 65.2 Å². The van der Waals surface area contributed by atoms with Gasteiger partial charge in [-0.1, -0.05) is 56.3 Å². The number of amides is 1. The van der Waals surface area contributed by atoms with Crippen LogP contribution in [0.1, 0.15) is 49.3 Å². The molecule has 0 saturated carbocycles. The summed E-state index contributed by atoms with van der Waals surface area (Å²) in [7, 11) is 0. The number of aryl methyl sites for hydroxylation is 1. The van der Waals surface area contributed by atoms with E-state index in [2.05, 4.69) is 36.5 Å². The van der Waals surface area contributed by atoms with Crippen molar-refractivity contribution in [2.75, 3.05) is 6.61 Å². The van der Waals surface area contributed by atoms with Crippen molar-refractivity contribution in [2.45, 2.75) is 39.0 Å². The molecule has 130 valence electrons. The van der Waals surface area contributed by atoms with Crippen LogP contribution in [0.25, 0.3) is 0 Å². The van der Waals surface area contributed by atoms with Gasteiger partial charge in [-0.3, -0.25) is 4.79 Å². The van der Waals surface area contributed by atoms with Crippen LogP contribution in [0.3, 0.4) is 0 Å². The Hall–Kier alpha value is -2.62. The summed E-state index contributed by atoms with van der Waals surface area (Å²) in [5.74, 6) is 0.857. The highest BCUT2D eigenvalue weighted by Gasteiger charge is 2.15. The summed E-state index contributed by atoms with van der Waals surface area (Å²) in [6.45, 7) is 4.17. The molecule has 0 unspecified atom stereocenters. The third kappa shape index (κ3) is 4.27. The van der Waals surface area contributed by atoms with Crippen molar-refractivity contribution in [3.8, 4) is 5.75 Å². The fourth-order valence-corrected chi connectivity index (χ4v) is 3.11. The molecular formula is C21H24N2O2. The molecule has 0 bridgehead atoms. The molecule has 0 aromatic heterocycles. The first kappa shape index (κ1) is 17.2. The Kier molecular flexibility index (Phi) is 5.49. The highest BCUT2D eigenvalue weighted by molar-refractivity contribution is 6.03. The highest BCUT2D eigenvalue weighted by Crippen LogP contribution is 2.25. The Morgan fingerprint density at radius 1 is 1.12 bits per heavy atom.